The van der Waals surface area contributed by atoms with E-state index in [1.54, 1.807) is 17.1 Å². The monoisotopic (exact) mass is 410 g/mol. The summed E-state index contributed by atoms with van der Waals surface area (Å²) in [7, 11) is 0. The number of amides is 1. The van der Waals surface area contributed by atoms with Crippen LogP contribution in [0.3, 0.4) is 0 Å². The second-order valence-electron chi connectivity index (χ2n) is 7.96. The molecule has 1 amide bonds. The first-order valence-electron chi connectivity index (χ1n) is 10.3. The Hall–Kier alpha value is -3.73. The van der Waals surface area contributed by atoms with Crippen LogP contribution >= 0.6 is 0 Å². The average Bonchev–Trinajstić information content (AvgIpc) is 3.20. The van der Waals surface area contributed by atoms with E-state index < -0.39 is 0 Å². The van der Waals surface area contributed by atoms with Crippen LogP contribution < -0.4 is 5.32 Å². The molecule has 2 heterocycles. The first-order chi connectivity index (χ1) is 14.9. The zero-order chi connectivity index (χ0) is 22.0. The number of aryl methyl sites for hydroxylation is 4. The maximum Gasteiger partial charge on any atom is 0.270 e. The van der Waals surface area contributed by atoms with Gasteiger partial charge in [0.05, 0.1) is 11.4 Å². The van der Waals surface area contributed by atoms with Crippen molar-refractivity contribution in [3.8, 4) is 16.9 Å². The van der Waals surface area contributed by atoms with Crippen LogP contribution in [0, 0.1) is 27.7 Å². The Morgan fingerprint density at radius 3 is 2.48 bits per heavy atom. The van der Waals surface area contributed by atoms with Crippen molar-refractivity contribution < 1.29 is 4.79 Å². The van der Waals surface area contributed by atoms with Gasteiger partial charge >= 0.3 is 0 Å². The largest absolute Gasteiger partial charge is 0.347 e. The van der Waals surface area contributed by atoms with Gasteiger partial charge in [-0.25, -0.2) is 4.68 Å². The molecule has 0 spiro atoms. The normalized spacial score (nSPS) is 10.8. The van der Waals surface area contributed by atoms with Crippen molar-refractivity contribution in [1.29, 1.82) is 0 Å². The van der Waals surface area contributed by atoms with E-state index in [-0.39, 0.29) is 5.91 Å². The first-order valence-corrected chi connectivity index (χ1v) is 10.3. The van der Waals surface area contributed by atoms with Gasteiger partial charge in [0.1, 0.15) is 5.69 Å². The quantitative estimate of drug-likeness (QED) is 0.498. The van der Waals surface area contributed by atoms with Crippen LogP contribution in [-0.2, 0) is 6.54 Å². The van der Waals surface area contributed by atoms with Crippen LogP contribution in [0.4, 0.5) is 0 Å². The Bertz CT molecular complexity index is 1240. The summed E-state index contributed by atoms with van der Waals surface area (Å²) in [6.45, 7) is 8.68. The fourth-order valence-electron chi connectivity index (χ4n) is 3.59. The second-order valence-corrected chi connectivity index (χ2v) is 7.96. The van der Waals surface area contributed by atoms with Crippen molar-refractivity contribution >= 4 is 5.91 Å². The minimum absolute atomic E-state index is 0.175. The molecule has 0 fully saturated rings. The van der Waals surface area contributed by atoms with Gasteiger partial charge in [-0.15, -0.1) is 0 Å². The number of hydrogen-bond acceptors (Lipinski definition) is 3. The Morgan fingerprint density at radius 1 is 0.935 bits per heavy atom. The predicted octanol–water partition coefficient (Wildman–Crippen LogP) is 5.10. The number of nitrogens with zero attached hydrogens (tertiary/aromatic N) is 3. The van der Waals surface area contributed by atoms with Crippen molar-refractivity contribution in [2.45, 2.75) is 34.2 Å². The van der Waals surface area contributed by atoms with Crippen LogP contribution in [0.25, 0.3) is 16.9 Å². The van der Waals surface area contributed by atoms with Gasteiger partial charge in [-0.3, -0.25) is 9.78 Å². The molecule has 0 aliphatic carbocycles. The smallest absolute Gasteiger partial charge is 0.270 e. The van der Waals surface area contributed by atoms with Crippen LogP contribution in [-0.4, -0.2) is 20.7 Å². The minimum Gasteiger partial charge on any atom is -0.347 e. The van der Waals surface area contributed by atoms with Crippen molar-refractivity contribution in [3.05, 3.63) is 101 Å². The van der Waals surface area contributed by atoms with Crippen molar-refractivity contribution in [2.75, 3.05) is 0 Å². The molecule has 0 radical (unpaired) electrons. The standard InChI is InChI=1S/C26H26N4O/c1-17-7-10-24(20(4)12-17)30-25(26(31)28-16-21-6-5-11-27-15-21)14-23(29-30)22-9-8-18(2)19(3)13-22/h5-15H,16H2,1-4H3,(H,28,31). The van der Waals surface area contributed by atoms with Gasteiger partial charge in [0, 0.05) is 24.5 Å². The highest BCUT2D eigenvalue weighted by Crippen LogP contribution is 2.25. The molecule has 5 nitrogen and oxygen atoms in total. The van der Waals surface area contributed by atoms with Crippen molar-refractivity contribution in [1.82, 2.24) is 20.1 Å². The maximum absolute atomic E-state index is 13.2. The summed E-state index contributed by atoms with van der Waals surface area (Å²) in [5, 5.41) is 7.83. The Kier molecular flexibility index (Phi) is 5.67. The lowest BCUT2D eigenvalue weighted by molar-refractivity contribution is 0.0943. The molecule has 1 N–H and O–H groups in total. The van der Waals surface area contributed by atoms with E-state index in [0.717, 1.165) is 28.1 Å². The van der Waals surface area contributed by atoms with E-state index in [9.17, 15) is 4.79 Å². The number of aromatic nitrogens is 3. The summed E-state index contributed by atoms with van der Waals surface area (Å²) in [6.07, 6.45) is 3.47. The minimum atomic E-state index is -0.175. The molecular formula is C26H26N4O. The summed E-state index contributed by atoms with van der Waals surface area (Å²) in [4.78, 5) is 17.3. The van der Waals surface area contributed by atoms with Crippen LogP contribution in [0.2, 0.25) is 0 Å². The lowest BCUT2D eigenvalue weighted by atomic mass is 10.0. The third-order valence-electron chi connectivity index (χ3n) is 5.50. The van der Waals surface area contributed by atoms with E-state index in [4.69, 9.17) is 5.10 Å². The molecule has 5 heteroatoms. The Morgan fingerprint density at radius 2 is 1.77 bits per heavy atom. The molecule has 2 aromatic carbocycles. The number of carbonyl (C=O) groups is 1. The third kappa shape index (κ3) is 4.40. The van der Waals surface area contributed by atoms with E-state index in [1.807, 2.05) is 43.3 Å². The number of benzene rings is 2. The number of nitrogens with one attached hydrogen (secondary N) is 1. The van der Waals surface area contributed by atoms with E-state index in [0.29, 0.717) is 12.2 Å². The third-order valence-corrected chi connectivity index (χ3v) is 5.50. The van der Waals surface area contributed by atoms with Gasteiger partial charge in [-0.05, 0) is 74.2 Å². The molecule has 2 aromatic heterocycles. The van der Waals surface area contributed by atoms with Gasteiger partial charge in [-0.1, -0.05) is 35.9 Å². The van der Waals surface area contributed by atoms with Crippen molar-refractivity contribution in [3.63, 3.8) is 0 Å². The molecule has 0 saturated carbocycles. The lowest BCUT2D eigenvalue weighted by Crippen LogP contribution is -2.25. The lowest BCUT2D eigenvalue weighted by Gasteiger charge is -2.11. The number of hydrogen-bond donors (Lipinski definition) is 1. The van der Waals surface area contributed by atoms with E-state index in [2.05, 4.69) is 49.3 Å². The van der Waals surface area contributed by atoms with Crippen LogP contribution in [0.15, 0.2) is 67.0 Å². The SMILES string of the molecule is Cc1ccc(-n2nc(-c3ccc(C)c(C)c3)cc2C(=O)NCc2cccnc2)c(C)c1. The summed E-state index contributed by atoms with van der Waals surface area (Å²) >= 11 is 0. The average molecular weight is 411 g/mol. The molecule has 31 heavy (non-hydrogen) atoms. The van der Waals surface area contributed by atoms with Gasteiger partial charge in [-0.2, -0.15) is 5.10 Å². The molecule has 0 aliphatic heterocycles. The summed E-state index contributed by atoms with van der Waals surface area (Å²) < 4.78 is 1.75. The first kappa shape index (κ1) is 20.5. The molecule has 0 saturated heterocycles. The Labute approximate surface area is 182 Å². The number of rotatable bonds is 5. The topological polar surface area (TPSA) is 59.8 Å². The van der Waals surface area contributed by atoms with Gasteiger partial charge in [0.25, 0.3) is 5.91 Å². The molecule has 0 bridgehead atoms. The van der Waals surface area contributed by atoms with Crippen LogP contribution in [0.5, 0.6) is 0 Å². The molecule has 4 aromatic rings. The summed E-state index contributed by atoms with van der Waals surface area (Å²) in [5.41, 5.74) is 8.77. The highest BCUT2D eigenvalue weighted by atomic mass is 16.2. The number of pyridine rings is 1. The van der Waals surface area contributed by atoms with E-state index in [1.165, 1.54) is 16.7 Å². The van der Waals surface area contributed by atoms with Gasteiger partial charge in [0.2, 0.25) is 0 Å². The van der Waals surface area contributed by atoms with Crippen molar-refractivity contribution in [2.24, 2.45) is 0 Å². The zero-order valence-electron chi connectivity index (χ0n) is 18.3. The molecule has 4 rings (SSSR count). The highest BCUT2D eigenvalue weighted by Gasteiger charge is 2.19. The fraction of sp³-hybridized carbons (Fsp3) is 0.192. The molecule has 0 unspecified atom stereocenters. The molecule has 156 valence electrons. The van der Waals surface area contributed by atoms with Gasteiger partial charge in [0.15, 0.2) is 0 Å². The number of carbonyl (C=O) groups excluding carboxylic acids is 1. The molecular weight excluding hydrogens is 384 g/mol. The summed E-state index contributed by atoms with van der Waals surface area (Å²) in [5.74, 6) is -0.175. The Balaban J connectivity index is 1.75. The highest BCUT2D eigenvalue weighted by molar-refractivity contribution is 5.94. The predicted molar refractivity (Wildman–Crippen MR) is 123 cm³/mol. The fourth-order valence-corrected chi connectivity index (χ4v) is 3.59. The van der Waals surface area contributed by atoms with Crippen LogP contribution in [0.1, 0.15) is 38.3 Å². The second kappa shape index (κ2) is 8.56. The van der Waals surface area contributed by atoms with E-state index >= 15 is 0 Å². The maximum atomic E-state index is 13.2. The summed E-state index contributed by atoms with van der Waals surface area (Å²) in [6, 6.07) is 18.1. The van der Waals surface area contributed by atoms with Gasteiger partial charge < -0.3 is 5.32 Å². The molecule has 0 aliphatic rings. The molecule has 0 atom stereocenters. The zero-order valence-corrected chi connectivity index (χ0v) is 18.3.